The number of nitrogen functional groups attached to an aromatic ring is 1. The van der Waals surface area contributed by atoms with Crippen LogP contribution >= 0.6 is 0 Å². The third-order valence-electron chi connectivity index (χ3n) is 9.98. The molecule has 4 aromatic rings. The first-order chi connectivity index (χ1) is 25.3. The van der Waals surface area contributed by atoms with Crippen molar-refractivity contribution in [2.45, 2.75) is 70.8 Å². The molecule has 2 saturated heterocycles. The van der Waals surface area contributed by atoms with E-state index in [2.05, 4.69) is 20.4 Å². The Hall–Kier alpha value is -5.44. The van der Waals surface area contributed by atoms with Crippen LogP contribution in [0.2, 0.25) is 0 Å². The van der Waals surface area contributed by atoms with Crippen molar-refractivity contribution in [3.8, 4) is 22.7 Å². The first-order valence-corrected chi connectivity index (χ1v) is 17.5. The Labute approximate surface area is 304 Å². The fourth-order valence-electron chi connectivity index (χ4n) is 7.43. The number of aliphatic carboxylic acids is 1. The predicted molar refractivity (Wildman–Crippen MR) is 192 cm³/mol. The van der Waals surface area contributed by atoms with E-state index in [0.29, 0.717) is 60.6 Å². The van der Waals surface area contributed by atoms with Crippen molar-refractivity contribution in [1.82, 2.24) is 25.1 Å². The van der Waals surface area contributed by atoms with Crippen molar-refractivity contribution < 1.29 is 37.3 Å². The van der Waals surface area contributed by atoms with E-state index >= 15 is 13.2 Å². The van der Waals surface area contributed by atoms with Crippen LogP contribution in [-0.4, -0.2) is 74.7 Å². The molecular formula is C38H42F3N7O5. The molecule has 0 aliphatic carbocycles. The SMILES string of the molecule is CCOC(=O)/C=C/c1cccc(-c2ccc(-n3ccc(C)n3)c([C@@H](Oc3cc(N4CCC5(CC4)CC(C(=O)O)NC5CC)nc(N)n3)C(F)(F)F)c2)c1. The Morgan fingerprint density at radius 2 is 1.85 bits per heavy atom. The average Bonchev–Trinajstić information content (AvgIpc) is 3.72. The zero-order valence-corrected chi connectivity index (χ0v) is 29.6. The zero-order chi connectivity index (χ0) is 37.9. The summed E-state index contributed by atoms with van der Waals surface area (Å²) in [5, 5.41) is 17.3. The first kappa shape index (κ1) is 37.3. The Morgan fingerprint density at radius 3 is 2.51 bits per heavy atom. The van der Waals surface area contributed by atoms with Crippen LogP contribution in [0.5, 0.6) is 5.88 Å². The van der Waals surface area contributed by atoms with Crippen LogP contribution < -0.4 is 20.7 Å². The second-order valence-corrected chi connectivity index (χ2v) is 13.4. The van der Waals surface area contributed by atoms with E-state index in [1.807, 2.05) is 11.8 Å². The lowest BCUT2D eigenvalue weighted by atomic mass is 9.71. The van der Waals surface area contributed by atoms with Crippen LogP contribution in [0.15, 0.2) is 66.9 Å². The van der Waals surface area contributed by atoms with Crippen LogP contribution in [0.4, 0.5) is 24.9 Å². The maximum absolute atomic E-state index is 15.2. The molecule has 2 aromatic heterocycles. The van der Waals surface area contributed by atoms with Crippen molar-refractivity contribution >= 4 is 29.8 Å². The van der Waals surface area contributed by atoms with Gasteiger partial charge in [0.05, 0.1) is 18.0 Å². The Bertz CT molecular complexity index is 1990. The number of carbonyl (C=O) groups is 2. The Morgan fingerprint density at radius 1 is 1.09 bits per heavy atom. The van der Waals surface area contributed by atoms with Gasteiger partial charge in [0.2, 0.25) is 17.9 Å². The van der Waals surface area contributed by atoms with Crippen molar-refractivity contribution in [3.63, 3.8) is 0 Å². The first-order valence-electron chi connectivity index (χ1n) is 17.5. The highest BCUT2D eigenvalue weighted by molar-refractivity contribution is 5.87. The van der Waals surface area contributed by atoms with Gasteiger partial charge in [-0.15, -0.1) is 0 Å². The monoisotopic (exact) mass is 733 g/mol. The molecule has 2 unspecified atom stereocenters. The smallest absolute Gasteiger partial charge is 0.429 e. The number of hydrogen-bond acceptors (Lipinski definition) is 10. The fourth-order valence-corrected chi connectivity index (χ4v) is 7.43. The molecule has 0 bridgehead atoms. The largest absolute Gasteiger partial charge is 0.480 e. The molecule has 280 valence electrons. The maximum Gasteiger partial charge on any atom is 0.429 e. The van der Waals surface area contributed by atoms with E-state index in [9.17, 15) is 14.7 Å². The van der Waals surface area contributed by atoms with E-state index in [4.69, 9.17) is 15.2 Å². The summed E-state index contributed by atoms with van der Waals surface area (Å²) in [5.41, 5.74) is 8.13. The normalized spacial score (nSPS) is 19.1. The van der Waals surface area contributed by atoms with E-state index in [-0.39, 0.29) is 41.1 Å². The quantitative estimate of drug-likeness (QED) is 0.118. The van der Waals surface area contributed by atoms with E-state index < -0.39 is 30.3 Å². The topological polar surface area (TPSA) is 158 Å². The lowest BCUT2D eigenvalue weighted by Gasteiger charge is -2.43. The summed E-state index contributed by atoms with van der Waals surface area (Å²) < 4.78 is 57.6. The van der Waals surface area contributed by atoms with Crippen molar-refractivity contribution in [3.05, 3.63) is 83.7 Å². The van der Waals surface area contributed by atoms with Gasteiger partial charge in [0.1, 0.15) is 11.9 Å². The highest BCUT2D eigenvalue weighted by Crippen LogP contribution is 2.46. The van der Waals surface area contributed by atoms with Gasteiger partial charge in [-0.2, -0.15) is 28.2 Å². The maximum atomic E-state index is 15.2. The number of aromatic nitrogens is 4. The van der Waals surface area contributed by atoms with Crippen molar-refractivity contribution in [2.24, 2.45) is 5.41 Å². The van der Waals surface area contributed by atoms with Crippen molar-refractivity contribution in [1.29, 1.82) is 0 Å². The van der Waals surface area contributed by atoms with Gasteiger partial charge < -0.3 is 30.5 Å². The van der Waals surface area contributed by atoms with Crippen molar-refractivity contribution in [2.75, 3.05) is 30.3 Å². The lowest BCUT2D eigenvalue weighted by Crippen LogP contribution is -2.46. The summed E-state index contributed by atoms with van der Waals surface area (Å²) >= 11 is 0. The number of rotatable bonds is 11. The van der Waals surface area contributed by atoms with E-state index in [1.165, 1.54) is 22.9 Å². The number of carboxylic acid groups (broad SMARTS) is 1. The van der Waals surface area contributed by atoms with Crippen LogP contribution in [0, 0.1) is 12.3 Å². The number of nitrogens with one attached hydrogen (secondary N) is 1. The van der Waals surface area contributed by atoms with Gasteiger partial charge in [-0.25, -0.2) is 9.48 Å². The third kappa shape index (κ3) is 8.30. The summed E-state index contributed by atoms with van der Waals surface area (Å²) in [6, 6.07) is 14.2. The molecule has 2 aromatic carbocycles. The van der Waals surface area contributed by atoms with Gasteiger partial charge in [-0.05, 0) is 92.0 Å². The van der Waals surface area contributed by atoms with E-state index in [0.717, 1.165) is 6.42 Å². The standard InChI is InChI=1S/C38H42F3N7O5/c1-4-30-37(22-28(43-30)35(50)51)14-17-47(18-15-37)31-21-32(45-36(42)44-31)53-34(38(39,40)41)27-20-26(10-11-29(27)48-16-13-23(3)46-48)25-8-6-7-24(19-25)9-12-33(49)52-5-2/h6-13,16,19-21,28,30,34,43H,4-5,14-15,17-18,22H2,1-3H3,(H,50,51)(H2,42,44,45)/b12-9+/t28?,30?,34-/m1/s1. The average molecular weight is 734 g/mol. The van der Waals surface area contributed by atoms with Crippen LogP contribution in [0.3, 0.4) is 0 Å². The van der Waals surface area contributed by atoms with Gasteiger partial charge >= 0.3 is 18.1 Å². The number of hydrogen-bond donors (Lipinski definition) is 3. The van der Waals surface area contributed by atoms with Gasteiger partial charge in [0.15, 0.2) is 0 Å². The third-order valence-corrected chi connectivity index (χ3v) is 9.98. The molecule has 2 aliphatic rings. The molecule has 3 atom stereocenters. The van der Waals surface area contributed by atoms with Crippen LogP contribution in [0.25, 0.3) is 22.9 Å². The molecule has 0 saturated carbocycles. The number of nitrogens with zero attached hydrogens (tertiary/aromatic N) is 5. The molecule has 4 N–H and O–H groups in total. The number of halogens is 3. The minimum atomic E-state index is -4.90. The minimum absolute atomic E-state index is 0.0414. The molecule has 2 fully saturated rings. The van der Waals surface area contributed by atoms with Gasteiger partial charge in [0, 0.05) is 43.0 Å². The summed E-state index contributed by atoms with van der Waals surface area (Å²) in [4.78, 5) is 33.9. The number of anilines is 2. The lowest BCUT2D eigenvalue weighted by molar-refractivity contribution is -0.198. The number of aryl methyl sites for hydroxylation is 1. The predicted octanol–water partition coefficient (Wildman–Crippen LogP) is 6.29. The van der Waals surface area contributed by atoms with Gasteiger partial charge in [-0.1, -0.05) is 31.2 Å². The number of ether oxygens (including phenoxy) is 2. The number of alkyl halides is 3. The van der Waals surface area contributed by atoms with Crippen LogP contribution in [0.1, 0.15) is 62.5 Å². The number of benzene rings is 2. The molecule has 0 radical (unpaired) electrons. The number of carboxylic acids is 1. The highest BCUT2D eigenvalue weighted by Gasteiger charge is 2.50. The molecule has 1 spiro atoms. The molecule has 15 heteroatoms. The minimum Gasteiger partial charge on any atom is -0.480 e. The summed E-state index contributed by atoms with van der Waals surface area (Å²) in [5.74, 6) is -1.66. The molecule has 12 nitrogen and oxygen atoms in total. The molecule has 53 heavy (non-hydrogen) atoms. The summed E-state index contributed by atoms with van der Waals surface area (Å²) in [6.45, 7) is 6.70. The van der Waals surface area contributed by atoms with E-state index in [1.54, 1.807) is 68.6 Å². The molecule has 4 heterocycles. The molecular weight excluding hydrogens is 691 g/mol. The fraction of sp³-hybridized carbons (Fsp3) is 0.395. The van der Waals surface area contributed by atoms with Gasteiger partial charge in [-0.3, -0.25) is 4.79 Å². The van der Waals surface area contributed by atoms with Gasteiger partial charge in [0.25, 0.3) is 0 Å². The number of esters is 1. The second kappa shape index (κ2) is 15.3. The Balaban J connectivity index is 1.32. The Kier molecular flexibility index (Phi) is 10.8. The number of carbonyl (C=O) groups excluding carboxylic acids is 1. The second-order valence-electron chi connectivity index (χ2n) is 13.4. The summed E-state index contributed by atoms with van der Waals surface area (Å²) in [6.07, 6.45) is -0.312. The number of nitrogens with two attached hydrogens (primary N) is 1. The number of piperidine rings is 1. The molecule has 6 rings (SSSR count). The summed E-state index contributed by atoms with van der Waals surface area (Å²) in [7, 11) is 0. The highest BCUT2D eigenvalue weighted by atomic mass is 19.4. The zero-order valence-electron chi connectivity index (χ0n) is 29.6. The van der Waals surface area contributed by atoms with Crippen LogP contribution in [-0.2, 0) is 14.3 Å². The molecule has 0 amide bonds. The molecule has 2 aliphatic heterocycles.